The number of benzene rings is 1. The van der Waals surface area contributed by atoms with E-state index in [1.165, 1.54) is 0 Å². The van der Waals surface area contributed by atoms with Crippen molar-refractivity contribution in [2.75, 3.05) is 6.26 Å². The van der Waals surface area contributed by atoms with Crippen LogP contribution in [0.3, 0.4) is 0 Å². The standard InChI is InChI=1S/C13H20N8S.C2H6/c1-7(18-20-12(14)15)9-4-10(6-11(5-9)22-3)8(2)19-21-13(16)17;1-2/h4-6H,1-3H3,(H4,14,15,20)(H4,16,17,21);1-2H3/b18-7-,19-8+;. The SMILES string of the molecule is CC.CSc1cc(/C(C)=N\N=C(N)N)cc(/C(C)=N/N=C(N)N)c1. The van der Waals surface area contributed by atoms with Crippen molar-refractivity contribution < 1.29 is 0 Å². The maximum absolute atomic E-state index is 5.28. The summed E-state index contributed by atoms with van der Waals surface area (Å²) in [7, 11) is 0. The van der Waals surface area contributed by atoms with Crippen molar-refractivity contribution in [3.63, 3.8) is 0 Å². The second-order valence-electron chi connectivity index (χ2n) is 4.37. The van der Waals surface area contributed by atoms with E-state index in [4.69, 9.17) is 22.9 Å². The monoisotopic (exact) mass is 350 g/mol. The summed E-state index contributed by atoms with van der Waals surface area (Å²) in [4.78, 5) is 1.05. The van der Waals surface area contributed by atoms with Gasteiger partial charge < -0.3 is 22.9 Å². The lowest BCUT2D eigenvalue weighted by molar-refractivity contribution is 1.19. The highest BCUT2D eigenvalue weighted by atomic mass is 32.2. The summed E-state index contributed by atoms with van der Waals surface area (Å²) < 4.78 is 0. The Bertz CT molecular complexity index is 601. The molecule has 8 N–H and O–H groups in total. The molecule has 0 saturated carbocycles. The fourth-order valence-electron chi connectivity index (χ4n) is 1.52. The fourth-order valence-corrected chi connectivity index (χ4v) is 2.01. The average Bonchev–Trinajstić information content (AvgIpc) is 2.58. The third kappa shape index (κ3) is 7.63. The van der Waals surface area contributed by atoms with Crippen LogP contribution in [0.15, 0.2) is 43.5 Å². The lowest BCUT2D eigenvalue weighted by Crippen LogP contribution is -2.22. The third-order valence-corrected chi connectivity index (χ3v) is 3.32. The molecule has 0 aliphatic rings. The van der Waals surface area contributed by atoms with Gasteiger partial charge >= 0.3 is 0 Å². The molecule has 0 aromatic heterocycles. The van der Waals surface area contributed by atoms with Crippen molar-refractivity contribution in [3.05, 3.63) is 29.3 Å². The first-order valence-electron chi connectivity index (χ1n) is 7.29. The molecule has 132 valence electrons. The summed E-state index contributed by atoms with van der Waals surface area (Å²) in [6.45, 7) is 7.64. The van der Waals surface area contributed by atoms with Crippen molar-refractivity contribution in [2.45, 2.75) is 32.6 Å². The lowest BCUT2D eigenvalue weighted by Gasteiger charge is -2.07. The Labute approximate surface area is 147 Å². The molecular weight excluding hydrogens is 324 g/mol. The van der Waals surface area contributed by atoms with Gasteiger partial charge in [-0.3, -0.25) is 0 Å². The molecule has 0 fully saturated rings. The molecule has 1 rings (SSSR count). The maximum Gasteiger partial charge on any atom is 0.211 e. The van der Waals surface area contributed by atoms with Gasteiger partial charge in [0.1, 0.15) is 0 Å². The number of rotatable bonds is 5. The molecule has 0 radical (unpaired) electrons. The number of hydrogen-bond donors (Lipinski definition) is 4. The molecule has 0 heterocycles. The molecule has 0 saturated heterocycles. The topological polar surface area (TPSA) is 154 Å². The lowest BCUT2D eigenvalue weighted by atomic mass is 10.0. The molecule has 0 unspecified atom stereocenters. The zero-order chi connectivity index (χ0) is 18.7. The van der Waals surface area contributed by atoms with Crippen LogP contribution >= 0.6 is 11.8 Å². The largest absolute Gasteiger partial charge is 0.369 e. The zero-order valence-electron chi connectivity index (χ0n) is 14.7. The van der Waals surface area contributed by atoms with Gasteiger partial charge in [0.2, 0.25) is 11.9 Å². The van der Waals surface area contributed by atoms with Gasteiger partial charge in [-0.15, -0.1) is 22.0 Å². The second-order valence-corrected chi connectivity index (χ2v) is 5.25. The van der Waals surface area contributed by atoms with Gasteiger partial charge in [-0.05, 0) is 49.4 Å². The van der Waals surface area contributed by atoms with Crippen LogP contribution < -0.4 is 22.9 Å². The van der Waals surface area contributed by atoms with E-state index in [2.05, 4.69) is 20.4 Å². The minimum absolute atomic E-state index is 0.0916. The van der Waals surface area contributed by atoms with E-state index in [0.29, 0.717) is 11.4 Å². The molecule has 0 bridgehead atoms. The van der Waals surface area contributed by atoms with E-state index in [9.17, 15) is 0 Å². The van der Waals surface area contributed by atoms with Crippen molar-refractivity contribution in [2.24, 2.45) is 43.3 Å². The predicted octanol–water partition coefficient (Wildman–Crippen LogP) is 1.43. The van der Waals surface area contributed by atoms with Gasteiger partial charge in [-0.1, -0.05) is 13.8 Å². The molecule has 24 heavy (non-hydrogen) atoms. The minimum atomic E-state index is -0.0916. The van der Waals surface area contributed by atoms with E-state index in [1.54, 1.807) is 11.8 Å². The maximum atomic E-state index is 5.28. The molecule has 1 aromatic carbocycles. The summed E-state index contributed by atoms with van der Waals surface area (Å²) in [5.74, 6) is -0.183. The minimum Gasteiger partial charge on any atom is -0.369 e. The quantitative estimate of drug-likeness (QED) is 0.274. The molecule has 0 aliphatic heterocycles. The average molecular weight is 350 g/mol. The van der Waals surface area contributed by atoms with Crippen LogP contribution in [0.2, 0.25) is 0 Å². The van der Waals surface area contributed by atoms with E-state index in [-0.39, 0.29) is 11.9 Å². The van der Waals surface area contributed by atoms with Gasteiger partial charge in [-0.2, -0.15) is 10.2 Å². The summed E-state index contributed by atoms with van der Waals surface area (Å²) in [6.07, 6.45) is 1.98. The Morgan fingerprint density at radius 2 is 1.12 bits per heavy atom. The van der Waals surface area contributed by atoms with E-state index >= 15 is 0 Å². The molecule has 9 heteroatoms. The first kappa shape index (κ1) is 21.4. The number of guanidine groups is 2. The Morgan fingerprint density at radius 1 is 0.750 bits per heavy atom. The van der Waals surface area contributed by atoms with Crippen LogP contribution in [0.4, 0.5) is 0 Å². The zero-order valence-corrected chi connectivity index (χ0v) is 15.6. The van der Waals surface area contributed by atoms with Crippen molar-refractivity contribution in [3.8, 4) is 0 Å². The molecule has 0 amide bonds. The summed E-state index contributed by atoms with van der Waals surface area (Å²) >= 11 is 1.60. The first-order valence-corrected chi connectivity index (χ1v) is 8.52. The highest BCUT2D eigenvalue weighted by Gasteiger charge is 2.06. The Hall–Kier alpha value is -2.55. The molecule has 0 atom stereocenters. The van der Waals surface area contributed by atoms with E-state index in [0.717, 1.165) is 16.0 Å². The predicted molar refractivity (Wildman–Crippen MR) is 106 cm³/mol. The fraction of sp³-hybridized carbons (Fsp3) is 0.333. The molecule has 8 nitrogen and oxygen atoms in total. The third-order valence-electron chi connectivity index (χ3n) is 2.61. The summed E-state index contributed by atoms with van der Waals surface area (Å²) in [6, 6.07) is 5.90. The first-order chi connectivity index (χ1) is 11.3. The Balaban J connectivity index is 0.00000254. The van der Waals surface area contributed by atoms with Crippen LogP contribution in [-0.2, 0) is 0 Å². The highest BCUT2D eigenvalue weighted by Crippen LogP contribution is 2.20. The summed E-state index contributed by atoms with van der Waals surface area (Å²) in [5.41, 5.74) is 24.2. The van der Waals surface area contributed by atoms with Gasteiger partial charge in [0.25, 0.3) is 0 Å². The molecule has 1 aromatic rings. The van der Waals surface area contributed by atoms with Crippen molar-refractivity contribution in [1.29, 1.82) is 0 Å². The number of hydrogen-bond acceptors (Lipinski definition) is 5. The van der Waals surface area contributed by atoms with Crippen molar-refractivity contribution >= 4 is 35.1 Å². The van der Waals surface area contributed by atoms with Crippen molar-refractivity contribution in [1.82, 2.24) is 0 Å². The molecule has 0 aliphatic carbocycles. The molecular formula is C15H26N8S. The normalized spacial score (nSPS) is 11.2. The van der Waals surface area contributed by atoms with Crippen LogP contribution in [0, 0.1) is 0 Å². The molecule has 0 spiro atoms. The van der Waals surface area contributed by atoms with Gasteiger partial charge in [0.15, 0.2) is 0 Å². The van der Waals surface area contributed by atoms with Crippen LogP contribution in [0.1, 0.15) is 38.8 Å². The Morgan fingerprint density at radius 3 is 1.42 bits per heavy atom. The van der Waals surface area contributed by atoms with Gasteiger partial charge in [-0.25, -0.2) is 0 Å². The van der Waals surface area contributed by atoms with Gasteiger partial charge in [0.05, 0.1) is 11.4 Å². The smallest absolute Gasteiger partial charge is 0.211 e. The van der Waals surface area contributed by atoms with Crippen LogP contribution in [0.25, 0.3) is 0 Å². The summed E-state index contributed by atoms with van der Waals surface area (Å²) in [5, 5.41) is 15.3. The Kier molecular flexibility index (Phi) is 9.88. The number of thioether (sulfide) groups is 1. The van der Waals surface area contributed by atoms with Crippen LogP contribution in [0.5, 0.6) is 0 Å². The second kappa shape index (κ2) is 11.1. The number of nitrogens with two attached hydrogens (primary N) is 4. The van der Waals surface area contributed by atoms with E-state index in [1.807, 2.05) is 52.1 Å². The number of nitrogens with zero attached hydrogens (tertiary/aromatic N) is 4. The van der Waals surface area contributed by atoms with E-state index < -0.39 is 0 Å². The highest BCUT2D eigenvalue weighted by molar-refractivity contribution is 7.98. The van der Waals surface area contributed by atoms with Gasteiger partial charge in [0, 0.05) is 4.90 Å². The van der Waals surface area contributed by atoms with Crippen LogP contribution in [-0.4, -0.2) is 29.6 Å².